The van der Waals surface area contributed by atoms with Crippen molar-refractivity contribution in [2.75, 3.05) is 19.4 Å². The number of rotatable bonds is 7. The summed E-state index contributed by atoms with van der Waals surface area (Å²) in [6, 6.07) is 0. The van der Waals surface area contributed by atoms with E-state index in [-0.39, 0.29) is 0 Å². The van der Waals surface area contributed by atoms with E-state index in [2.05, 4.69) is 10.1 Å². The zero-order chi connectivity index (χ0) is 10.2. The molecular weight excluding hydrogens is 227 g/mol. The molecule has 0 rings (SSSR count). The van der Waals surface area contributed by atoms with Crippen molar-refractivity contribution in [2.45, 2.75) is 13.8 Å². The summed E-state index contributed by atoms with van der Waals surface area (Å²) < 4.78 is 16.9. The maximum Gasteiger partial charge on any atom is 0.362 e. The molecular formula is C6H15N2O2PS2. The molecule has 0 bridgehead atoms. The SMILES string of the molecule is CCN=CNP(=O)(OCC)SSC. The highest BCUT2D eigenvalue weighted by Gasteiger charge is 2.21. The highest BCUT2D eigenvalue weighted by molar-refractivity contribution is 8.98. The van der Waals surface area contributed by atoms with Gasteiger partial charge in [-0.15, -0.1) is 0 Å². The van der Waals surface area contributed by atoms with Gasteiger partial charge in [0.15, 0.2) is 0 Å². The van der Waals surface area contributed by atoms with Gasteiger partial charge in [0.1, 0.15) is 0 Å². The predicted octanol–water partition coefficient (Wildman–Crippen LogP) is 2.78. The van der Waals surface area contributed by atoms with Crippen LogP contribution in [0.5, 0.6) is 0 Å². The summed E-state index contributed by atoms with van der Waals surface area (Å²) in [7, 11) is 2.61. The van der Waals surface area contributed by atoms with Crippen LogP contribution < -0.4 is 5.09 Å². The minimum absolute atomic E-state index is 0.428. The minimum Gasteiger partial charge on any atom is -0.306 e. The molecule has 0 spiro atoms. The average molecular weight is 242 g/mol. The van der Waals surface area contributed by atoms with Crippen LogP contribution in [-0.4, -0.2) is 25.7 Å². The fourth-order valence-electron chi connectivity index (χ4n) is 0.551. The Bertz CT molecular complexity index is 191. The van der Waals surface area contributed by atoms with Crippen molar-refractivity contribution >= 4 is 34.3 Å². The molecule has 0 aromatic carbocycles. The van der Waals surface area contributed by atoms with Gasteiger partial charge in [-0.1, -0.05) is 10.8 Å². The second-order valence-corrected chi connectivity index (χ2v) is 8.14. The lowest BCUT2D eigenvalue weighted by Gasteiger charge is -2.13. The van der Waals surface area contributed by atoms with Gasteiger partial charge in [-0.25, -0.2) is 0 Å². The van der Waals surface area contributed by atoms with Crippen molar-refractivity contribution in [3.8, 4) is 0 Å². The molecule has 78 valence electrons. The van der Waals surface area contributed by atoms with Crippen LogP contribution in [0.2, 0.25) is 0 Å². The van der Waals surface area contributed by atoms with Crippen molar-refractivity contribution in [1.82, 2.24) is 5.09 Å². The molecule has 0 fully saturated rings. The molecule has 0 saturated carbocycles. The zero-order valence-electron chi connectivity index (χ0n) is 8.02. The second-order valence-electron chi connectivity index (χ2n) is 1.91. The predicted molar refractivity (Wildman–Crippen MR) is 62.5 cm³/mol. The third-order valence-electron chi connectivity index (χ3n) is 0.961. The third-order valence-corrected chi connectivity index (χ3v) is 7.11. The van der Waals surface area contributed by atoms with Gasteiger partial charge in [0.25, 0.3) is 0 Å². The molecule has 0 aliphatic rings. The molecule has 13 heavy (non-hydrogen) atoms. The lowest BCUT2D eigenvalue weighted by atomic mass is 10.8. The van der Waals surface area contributed by atoms with Gasteiger partial charge in [0.2, 0.25) is 0 Å². The van der Waals surface area contributed by atoms with E-state index in [9.17, 15) is 4.57 Å². The molecule has 0 amide bonds. The topological polar surface area (TPSA) is 50.7 Å². The van der Waals surface area contributed by atoms with Crippen LogP contribution in [0.1, 0.15) is 13.8 Å². The average Bonchev–Trinajstić information content (AvgIpc) is 2.05. The standard InChI is InChI=1S/C6H15N2O2PS2/c1-4-7-6-8-11(9,10-5-2)13-12-3/h6H,4-5H2,1-3H3,(H,7,8,9). The van der Waals surface area contributed by atoms with E-state index in [0.717, 1.165) is 0 Å². The Kier molecular flexibility index (Phi) is 7.95. The van der Waals surface area contributed by atoms with Gasteiger partial charge in [-0.05, 0) is 20.1 Å². The summed E-state index contributed by atoms with van der Waals surface area (Å²) in [6.45, 7) is 2.05. The van der Waals surface area contributed by atoms with Crippen LogP contribution in [0.15, 0.2) is 4.99 Å². The number of hydrogen-bond acceptors (Lipinski definition) is 5. The van der Waals surface area contributed by atoms with E-state index in [1.165, 1.54) is 27.5 Å². The molecule has 1 atom stereocenters. The van der Waals surface area contributed by atoms with E-state index >= 15 is 0 Å². The number of nitrogens with one attached hydrogen (secondary N) is 1. The van der Waals surface area contributed by atoms with E-state index < -0.39 is 6.72 Å². The molecule has 4 nitrogen and oxygen atoms in total. The summed E-state index contributed by atoms with van der Waals surface area (Å²) in [5.74, 6) is 0. The van der Waals surface area contributed by atoms with Gasteiger partial charge >= 0.3 is 6.72 Å². The van der Waals surface area contributed by atoms with Crippen molar-refractivity contribution in [1.29, 1.82) is 0 Å². The molecule has 1 N–H and O–H groups in total. The lowest BCUT2D eigenvalue weighted by Crippen LogP contribution is -2.07. The van der Waals surface area contributed by atoms with Crippen molar-refractivity contribution in [3.63, 3.8) is 0 Å². The summed E-state index contributed by atoms with van der Waals surface area (Å²) in [5, 5.41) is 2.68. The lowest BCUT2D eigenvalue weighted by molar-refractivity contribution is 0.343. The van der Waals surface area contributed by atoms with Gasteiger partial charge in [0, 0.05) is 17.0 Å². The van der Waals surface area contributed by atoms with Crippen molar-refractivity contribution in [3.05, 3.63) is 0 Å². The largest absolute Gasteiger partial charge is 0.362 e. The van der Waals surface area contributed by atoms with Crippen molar-refractivity contribution in [2.24, 2.45) is 4.99 Å². The first-order valence-corrected chi connectivity index (χ1v) is 8.70. The normalized spacial score (nSPS) is 15.9. The molecule has 0 radical (unpaired) electrons. The number of nitrogens with zero attached hydrogens (tertiary/aromatic N) is 1. The number of aliphatic imine (C=N–C) groups is 1. The monoisotopic (exact) mass is 242 g/mol. The van der Waals surface area contributed by atoms with Gasteiger partial charge in [-0.3, -0.25) is 14.6 Å². The van der Waals surface area contributed by atoms with E-state index in [0.29, 0.717) is 13.2 Å². The van der Waals surface area contributed by atoms with Crippen LogP contribution >= 0.6 is 27.9 Å². The molecule has 0 aliphatic carbocycles. The Morgan fingerprint density at radius 2 is 2.31 bits per heavy atom. The summed E-state index contributed by atoms with van der Waals surface area (Å²) in [4.78, 5) is 3.91. The zero-order valence-corrected chi connectivity index (χ0v) is 10.5. The van der Waals surface area contributed by atoms with Gasteiger partial charge in [0.05, 0.1) is 12.9 Å². The van der Waals surface area contributed by atoms with E-state index in [1.807, 2.05) is 20.1 Å². The Labute approximate surface area is 86.9 Å². The summed E-state index contributed by atoms with van der Waals surface area (Å²) in [5.41, 5.74) is 0. The first kappa shape index (κ1) is 13.4. The molecule has 0 aliphatic heterocycles. The van der Waals surface area contributed by atoms with Crippen LogP contribution in [-0.2, 0) is 9.09 Å². The van der Waals surface area contributed by atoms with Gasteiger partial charge < -0.3 is 4.52 Å². The Balaban J connectivity index is 4.07. The maximum atomic E-state index is 11.8. The van der Waals surface area contributed by atoms with Crippen LogP contribution in [0.4, 0.5) is 0 Å². The van der Waals surface area contributed by atoms with Gasteiger partial charge in [-0.2, -0.15) is 0 Å². The Hall–Kier alpha value is 0.360. The first-order valence-electron chi connectivity index (χ1n) is 3.91. The molecule has 7 heteroatoms. The molecule has 1 unspecified atom stereocenters. The smallest absolute Gasteiger partial charge is 0.306 e. The molecule has 0 saturated heterocycles. The summed E-state index contributed by atoms with van der Waals surface area (Å²) >= 11 is 0. The van der Waals surface area contributed by atoms with Crippen molar-refractivity contribution < 1.29 is 9.09 Å². The second kappa shape index (κ2) is 7.74. The quantitative estimate of drug-likeness (QED) is 0.322. The molecule has 0 aromatic rings. The highest BCUT2D eigenvalue weighted by Crippen LogP contribution is 2.60. The fourth-order valence-corrected chi connectivity index (χ4v) is 5.32. The van der Waals surface area contributed by atoms with Crippen LogP contribution in [0, 0.1) is 0 Å². The minimum atomic E-state index is -2.77. The fraction of sp³-hybridized carbons (Fsp3) is 0.833. The third kappa shape index (κ3) is 6.43. The molecule has 0 aromatic heterocycles. The highest BCUT2D eigenvalue weighted by atomic mass is 33.3. The van der Waals surface area contributed by atoms with Crippen LogP contribution in [0.3, 0.4) is 0 Å². The van der Waals surface area contributed by atoms with E-state index in [1.54, 1.807) is 0 Å². The maximum absolute atomic E-state index is 11.8. The molecule has 0 heterocycles. The Morgan fingerprint density at radius 1 is 1.62 bits per heavy atom. The van der Waals surface area contributed by atoms with E-state index in [4.69, 9.17) is 4.52 Å². The first-order chi connectivity index (χ1) is 6.18. The number of hydrogen-bond donors (Lipinski definition) is 1. The summed E-state index contributed by atoms with van der Waals surface area (Å²) in [6.07, 6.45) is 3.30. The Morgan fingerprint density at radius 3 is 2.77 bits per heavy atom. The van der Waals surface area contributed by atoms with Crippen LogP contribution in [0.25, 0.3) is 0 Å².